The van der Waals surface area contributed by atoms with Crippen LogP contribution in [-0.2, 0) is 6.54 Å². The number of aromatic nitrogens is 2. The van der Waals surface area contributed by atoms with Crippen LogP contribution in [0.25, 0.3) is 0 Å². The van der Waals surface area contributed by atoms with Gasteiger partial charge in [-0.2, -0.15) is 0 Å². The number of rotatable bonds is 5. The van der Waals surface area contributed by atoms with Crippen molar-refractivity contribution in [2.75, 3.05) is 7.11 Å². The number of methoxy groups -OCH3 is 1. The van der Waals surface area contributed by atoms with E-state index in [1.165, 1.54) is 19.2 Å². The van der Waals surface area contributed by atoms with E-state index in [1.54, 1.807) is 18.6 Å². The van der Waals surface area contributed by atoms with Gasteiger partial charge in [0.15, 0.2) is 11.6 Å². The van der Waals surface area contributed by atoms with Crippen LogP contribution in [0.1, 0.15) is 30.7 Å². The van der Waals surface area contributed by atoms with E-state index in [1.807, 2.05) is 11.5 Å². The smallest absolute Gasteiger partial charge is 0.165 e. The molecule has 2 rings (SSSR count). The third kappa shape index (κ3) is 2.76. The van der Waals surface area contributed by atoms with E-state index in [0.29, 0.717) is 11.3 Å². The lowest BCUT2D eigenvalue weighted by molar-refractivity contribution is 0.209. The van der Waals surface area contributed by atoms with Crippen molar-refractivity contribution in [3.63, 3.8) is 0 Å². The summed E-state index contributed by atoms with van der Waals surface area (Å²) in [5, 5.41) is 10.3. The largest absolute Gasteiger partial charge is 0.494 e. The molecule has 0 aliphatic heterocycles. The minimum Gasteiger partial charge on any atom is -0.494 e. The van der Waals surface area contributed by atoms with Gasteiger partial charge in [-0.05, 0) is 24.1 Å². The number of ether oxygens (including phenoxy) is 1. The summed E-state index contributed by atoms with van der Waals surface area (Å²) in [6, 6.07) is 4.44. The second-order valence-electron chi connectivity index (χ2n) is 4.31. The van der Waals surface area contributed by atoms with Crippen molar-refractivity contribution in [3.8, 4) is 5.75 Å². The molecule has 102 valence electrons. The zero-order valence-electron chi connectivity index (χ0n) is 11.0. The molecule has 0 saturated carbocycles. The predicted molar refractivity (Wildman–Crippen MR) is 69.5 cm³/mol. The molecule has 0 radical (unpaired) electrons. The summed E-state index contributed by atoms with van der Waals surface area (Å²) in [5.74, 6) is -0.321. The highest BCUT2D eigenvalue weighted by Crippen LogP contribution is 2.26. The molecular weight excluding hydrogens is 247 g/mol. The highest BCUT2D eigenvalue weighted by Gasteiger charge is 2.16. The van der Waals surface area contributed by atoms with Crippen molar-refractivity contribution in [3.05, 3.63) is 47.8 Å². The number of imidazole rings is 1. The van der Waals surface area contributed by atoms with E-state index < -0.39 is 11.9 Å². The number of nitrogens with zero attached hydrogens (tertiary/aromatic N) is 2. The van der Waals surface area contributed by atoms with Crippen LogP contribution in [0.2, 0.25) is 0 Å². The van der Waals surface area contributed by atoms with Gasteiger partial charge in [0, 0.05) is 6.54 Å². The monoisotopic (exact) mass is 264 g/mol. The van der Waals surface area contributed by atoms with Crippen LogP contribution in [0.15, 0.2) is 30.7 Å². The second-order valence-corrected chi connectivity index (χ2v) is 4.31. The molecule has 1 heterocycles. The molecule has 0 fully saturated rings. The zero-order chi connectivity index (χ0) is 13.8. The number of halogens is 1. The Labute approximate surface area is 111 Å². The number of benzene rings is 1. The SMILES string of the molecule is CCCn1cncc1C(O)c1ccc(OC)c(F)c1. The fraction of sp³-hybridized carbons (Fsp3) is 0.357. The Morgan fingerprint density at radius 2 is 2.26 bits per heavy atom. The van der Waals surface area contributed by atoms with Gasteiger partial charge in [0.05, 0.1) is 25.3 Å². The summed E-state index contributed by atoms with van der Waals surface area (Å²) >= 11 is 0. The summed E-state index contributed by atoms with van der Waals surface area (Å²) in [6.45, 7) is 2.81. The maximum atomic E-state index is 13.6. The first-order valence-corrected chi connectivity index (χ1v) is 6.19. The molecule has 5 heteroatoms. The number of hydrogen-bond donors (Lipinski definition) is 1. The van der Waals surface area contributed by atoms with Crippen LogP contribution in [0.4, 0.5) is 4.39 Å². The fourth-order valence-corrected chi connectivity index (χ4v) is 2.01. The third-order valence-electron chi connectivity index (χ3n) is 2.98. The number of aliphatic hydroxyl groups excluding tert-OH is 1. The van der Waals surface area contributed by atoms with Gasteiger partial charge in [-0.1, -0.05) is 13.0 Å². The summed E-state index contributed by atoms with van der Waals surface area (Å²) in [6.07, 6.45) is 3.31. The minimum absolute atomic E-state index is 0.165. The molecule has 0 amide bonds. The molecule has 0 aliphatic carbocycles. The summed E-state index contributed by atoms with van der Waals surface area (Å²) in [4.78, 5) is 4.03. The molecule has 1 atom stereocenters. The van der Waals surface area contributed by atoms with E-state index >= 15 is 0 Å². The molecule has 0 bridgehead atoms. The van der Waals surface area contributed by atoms with Gasteiger partial charge in [0.1, 0.15) is 6.10 Å². The third-order valence-corrected chi connectivity index (χ3v) is 2.98. The Morgan fingerprint density at radius 1 is 1.47 bits per heavy atom. The molecule has 1 N–H and O–H groups in total. The van der Waals surface area contributed by atoms with Gasteiger partial charge in [-0.15, -0.1) is 0 Å². The summed E-state index contributed by atoms with van der Waals surface area (Å²) in [5.41, 5.74) is 1.14. The van der Waals surface area contributed by atoms with Crippen LogP contribution in [0.5, 0.6) is 5.75 Å². The Morgan fingerprint density at radius 3 is 2.89 bits per heavy atom. The Hall–Kier alpha value is -1.88. The maximum Gasteiger partial charge on any atom is 0.165 e. The second kappa shape index (κ2) is 5.84. The molecule has 1 aromatic heterocycles. The number of aliphatic hydroxyl groups is 1. The van der Waals surface area contributed by atoms with E-state index in [9.17, 15) is 9.50 Å². The highest BCUT2D eigenvalue weighted by molar-refractivity contribution is 5.33. The number of aryl methyl sites for hydroxylation is 1. The Bertz CT molecular complexity index is 554. The zero-order valence-corrected chi connectivity index (χ0v) is 11.0. The highest BCUT2D eigenvalue weighted by atomic mass is 19.1. The van der Waals surface area contributed by atoms with Crippen LogP contribution >= 0.6 is 0 Å². The van der Waals surface area contributed by atoms with Gasteiger partial charge in [-0.3, -0.25) is 0 Å². The lowest BCUT2D eigenvalue weighted by Crippen LogP contribution is -2.08. The van der Waals surface area contributed by atoms with E-state index in [-0.39, 0.29) is 5.75 Å². The molecular formula is C14H17FN2O2. The van der Waals surface area contributed by atoms with Gasteiger partial charge >= 0.3 is 0 Å². The van der Waals surface area contributed by atoms with Gasteiger partial charge in [0.2, 0.25) is 0 Å². The normalized spacial score (nSPS) is 12.4. The Balaban J connectivity index is 2.30. The van der Waals surface area contributed by atoms with Crippen LogP contribution in [0.3, 0.4) is 0 Å². The van der Waals surface area contributed by atoms with Crippen molar-refractivity contribution >= 4 is 0 Å². The van der Waals surface area contributed by atoms with Crippen molar-refractivity contribution < 1.29 is 14.2 Å². The molecule has 2 aromatic rings. The van der Waals surface area contributed by atoms with Crippen molar-refractivity contribution in [1.82, 2.24) is 9.55 Å². The molecule has 0 saturated heterocycles. The lowest BCUT2D eigenvalue weighted by atomic mass is 10.1. The molecule has 1 unspecified atom stereocenters. The first-order chi connectivity index (χ1) is 9.17. The number of hydrogen-bond acceptors (Lipinski definition) is 3. The van der Waals surface area contributed by atoms with Crippen molar-refractivity contribution in [1.29, 1.82) is 0 Å². The minimum atomic E-state index is -0.894. The van der Waals surface area contributed by atoms with Crippen LogP contribution in [-0.4, -0.2) is 21.8 Å². The van der Waals surface area contributed by atoms with Gasteiger partial charge in [0.25, 0.3) is 0 Å². The van der Waals surface area contributed by atoms with Gasteiger partial charge < -0.3 is 14.4 Å². The predicted octanol–water partition coefficient (Wildman–Crippen LogP) is 2.52. The first kappa shape index (κ1) is 13.5. The summed E-state index contributed by atoms with van der Waals surface area (Å²) < 4.78 is 20.4. The quantitative estimate of drug-likeness (QED) is 0.902. The van der Waals surface area contributed by atoms with Crippen molar-refractivity contribution in [2.45, 2.75) is 26.0 Å². The van der Waals surface area contributed by atoms with Crippen LogP contribution < -0.4 is 4.74 Å². The lowest BCUT2D eigenvalue weighted by Gasteiger charge is -2.14. The standard InChI is InChI=1S/C14H17FN2O2/c1-3-6-17-9-16-8-12(17)14(18)10-4-5-13(19-2)11(15)7-10/h4-5,7-9,14,18H,3,6H2,1-2H3. The topological polar surface area (TPSA) is 47.3 Å². The molecule has 0 spiro atoms. The molecule has 19 heavy (non-hydrogen) atoms. The average Bonchev–Trinajstić information content (AvgIpc) is 2.86. The van der Waals surface area contributed by atoms with E-state index in [2.05, 4.69) is 4.98 Å². The van der Waals surface area contributed by atoms with E-state index in [4.69, 9.17) is 4.74 Å². The average molecular weight is 264 g/mol. The molecule has 0 aliphatic rings. The summed E-state index contributed by atoms with van der Waals surface area (Å²) in [7, 11) is 1.41. The van der Waals surface area contributed by atoms with E-state index in [0.717, 1.165) is 13.0 Å². The fourth-order valence-electron chi connectivity index (χ4n) is 2.01. The van der Waals surface area contributed by atoms with Gasteiger partial charge in [-0.25, -0.2) is 9.37 Å². The first-order valence-electron chi connectivity index (χ1n) is 6.19. The van der Waals surface area contributed by atoms with Crippen LogP contribution in [0, 0.1) is 5.82 Å². The molecule has 1 aromatic carbocycles. The van der Waals surface area contributed by atoms with Crippen molar-refractivity contribution in [2.24, 2.45) is 0 Å². The Kier molecular flexibility index (Phi) is 4.16. The maximum absolute atomic E-state index is 13.6. The molecule has 4 nitrogen and oxygen atoms in total.